The van der Waals surface area contributed by atoms with Crippen molar-refractivity contribution < 1.29 is 4.79 Å². The number of benzene rings is 1. The minimum absolute atomic E-state index is 0.0455. The third kappa shape index (κ3) is 4.34. The van der Waals surface area contributed by atoms with Gasteiger partial charge in [0.1, 0.15) is 0 Å². The minimum atomic E-state index is 0.0455. The molecule has 0 saturated heterocycles. The van der Waals surface area contributed by atoms with Crippen molar-refractivity contribution in [3.63, 3.8) is 0 Å². The summed E-state index contributed by atoms with van der Waals surface area (Å²) in [5, 5.41) is 12.3. The fraction of sp³-hybridized carbons (Fsp3) is 0.471. The first kappa shape index (κ1) is 17.5. The molecule has 0 spiro atoms. The second-order valence-corrected chi connectivity index (χ2v) is 6.49. The molecule has 1 heterocycles. The zero-order chi connectivity index (χ0) is 16.8. The van der Waals surface area contributed by atoms with Crippen LogP contribution >= 0.6 is 11.8 Å². The topological polar surface area (TPSA) is 59.8 Å². The molecule has 0 fully saturated rings. The van der Waals surface area contributed by atoms with Crippen molar-refractivity contribution >= 4 is 17.7 Å². The molecule has 0 aliphatic rings. The summed E-state index contributed by atoms with van der Waals surface area (Å²) in [6.07, 6.45) is 1.91. The van der Waals surface area contributed by atoms with E-state index in [9.17, 15) is 4.79 Å². The van der Waals surface area contributed by atoms with Crippen LogP contribution in [0.5, 0.6) is 0 Å². The first-order valence-corrected chi connectivity index (χ1v) is 8.92. The maximum atomic E-state index is 12.0. The van der Waals surface area contributed by atoms with Gasteiger partial charge in [0.05, 0.1) is 5.75 Å². The second kappa shape index (κ2) is 8.15. The van der Waals surface area contributed by atoms with E-state index in [-0.39, 0.29) is 11.9 Å². The van der Waals surface area contributed by atoms with E-state index in [0.29, 0.717) is 5.75 Å². The van der Waals surface area contributed by atoms with Gasteiger partial charge in [-0.1, -0.05) is 49.9 Å². The van der Waals surface area contributed by atoms with Crippen LogP contribution in [-0.4, -0.2) is 32.5 Å². The molecule has 2 aromatic rings. The van der Waals surface area contributed by atoms with Gasteiger partial charge in [0, 0.05) is 18.7 Å². The van der Waals surface area contributed by atoms with Crippen LogP contribution in [0.4, 0.5) is 0 Å². The Morgan fingerprint density at radius 1 is 1.26 bits per heavy atom. The highest BCUT2D eigenvalue weighted by Gasteiger charge is 2.15. The average molecular weight is 332 g/mol. The molecule has 1 amide bonds. The van der Waals surface area contributed by atoms with Gasteiger partial charge in [-0.15, -0.1) is 10.2 Å². The zero-order valence-electron chi connectivity index (χ0n) is 14.2. The van der Waals surface area contributed by atoms with E-state index < -0.39 is 0 Å². The molecule has 0 atom stereocenters. The maximum absolute atomic E-state index is 12.0. The third-order valence-corrected chi connectivity index (χ3v) is 4.92. The Balaban J connectivity index is 2.03. The summed E-state index contributed by atoms with van der Waals surface area (Å²) in [5.74, 6) is 1.23. The lowest BCUT2D eigenvalue weighted by atomic mass is 10.1. The highest BCUT2D eigenvalue weighted by Crippen LogP contribution is 2.24. The molecular weight excluding hydrogens is 308 g/mol. The van der Waals surface area contributed by atoms with Crippen LogP contribution in [0.15, 0.2) is 29.4 Å². The summed E-state index contributed by atoms with van der Waals surface area (Å²) >= 11 is 1.42. The number of nitrogens with zero attached hydrogens (tertiary/aromatic N) is 3. The van der Waals surface area contributed by atoms with Crippen molar-refractivity contribution in [3.05, 3.63) is 29.8 Å². The number of rotatable bonds is 7. The van der Waals surface area contributed by atoms with Crippen molar-refractivity contribution in [3.8, 4) is 11.4 Å². The van der Waals surface area contributed by atoms with Crippen molar-refractivity contribution in [1.29, 1.82) is 0 Å². The van der Waals surface area contributed by atoms with Gasteiger partial charge in [0.2, 0.25) is 5.91 Å². The molecule has 6 heteroatoms. The van der Waals surface area contributed by atoms with E-state index in [0.717, 1.165) is 34.9 Å². The number of hydrogen-bond acceptors (Lipinski definition) is 4. The first-order chi connectivity index (χ1) is 11.1. The fourth-order valence-electron chi connectivity index (χ4n) is 2.39. The molecule has 1 aromatic heterocycles. The van der Waals surface area contributed by atoms with E-state index in [1.807, 2.05) is 29.8 Å². The van der Waals surface area contributed by atoms with Gasteiger partial charge in [0.25, 0.3) is 0 Å². The lowest BCUT2D eigenvalue weighted by Crippen LogP contribution is -2.35. The lowest BCUT2D eigenvalue weighted by Gasteiger charge is -2.14. The predicted octanol–water partition coefficient (Wildman–Crippen LogP) is 3.19. The van der Waals surface area contributed by atoms with Crippen LogP contribution < -0.4 is 5.32 Å². The van der Waals surface area contributed by atoms with E-state index in [2.05, 4.69) is 42.4 Å². The van der Waals surface area contributed by atoms with Crippen molar-refractivity contribution in [2.75, 3.05) is 5.75 Å². The van der Waals surface area contributed by atoms with Crippen LogP contribution in [-0.2, 0) is 11.8 Å². The molecule has 0 radical (unpaired) electrons. The Hall–Kier alpha value is -1.82. The van der Waals surface area contributed by atoms with Crippen LogP contribution in [0, 0.1) is 6.92 Å². The van der Waals surface area contributed by atoms with Gasteiger partial charge in [-0.05, 0) is 25.3 Å². The number of carbonyl (C=O) groups is 1. The second-order valence-electron chi connectivity index (χ2n) is 5.55. The van der Waals surface area contributed by atoms with Crippen molar-refractivity contribution in [1.82, 2.24) is 20.1 Å². The van der Waals surface area contributed by atoms with Gasteiger partial charge in [-0.25, -0.2) is 0 Å². The summed E-state index contributed by atoms with van der Waals surface area (Å²) in [4.78, 5) is 12.0. The van der Waals surface area contributed by atoms with Crippen molar-refractivity contribution in [2.24, 2.45) is 7.05 Å². The average Bonchev–Trinajstić information content (AvgIpc) is 2.92. The molecule has 1 aromatic carbocycles. The quantitative estimate of drug-likeness (QED) is 0.791. The Kier molecular flexibility index (Phi) is 6.21. The normalized spacial score (nSPS) is 11.0. The third-order valence-electron chi connectivity index (χ3n) is 3.90. The predicted molar refractivity (Wildman–Crippen MR) is 94.4 cm³/mol. The summed E-state index contributed by atoms with van der Waals surface area (Å²) in [6, 6.07) is 8.35. The van der Waals surface area contributed by atoms with Gasteiger partial charge >= 0.3 is 0 Å². The summed E-state index contributed by atoms with van der Waals surface area (Å²) in [7, 11) is 1.93. The zero-order valence-corrected chi connectivity index (χ0v) is 15.0. The Labute approximate surface area is 141 Å². The molecule has 0 unspecified atom stereocenters. The molecule has 1 N–H and O–H groups in total. The summed E-state index contributed by atoms with van der Waals surface area (Å²) in [5.41, 5.74) is 2.22. The van der Waals surface area contributed by atoms with E-state index in [1.54, 1.807) is 0 Å². The fourth-order valence-corrected chi connectivity index (χ4v) is 3.11. The molecule has 23 heavy (non-hydrogen) atoms. The lowest BCUT2D eigenvalue weighted by molar-refractivity contribution is -0.119. The highest BCUT2D eigenvalue weighted by atomic mass is 32.2. The summed E-state index contributed by atoms with van der Waals surface area (Å²) < 4.78 is 1.94. The van der Waals surface area contributed by atoms with E-state index in [4.69, 9.17) is 0 Å². The number of aromatic nitrogens is 3. The largest absolute Gasteiger partial charge is 0.353 e. The number of hydrogen-bond donors (Lipinski definition) is 1. The van der Waals surface area contributed by atoms with Crippen LogP contribution in [0.2, 0.25) is 0 Å². The summed E-state index contributed by atoms with van der Waals surface area (Å²) in [6.45, 7) is 6.22. The molecular formula is C17H24N4OS. The van der Waals surface area contributed by atoms with E-state index >= 15 is 0 Å². The van der Waals surface area contributed by atoms with Gasteiger partial charge in [-0.2, -0.15) is 0 Å². The molecule has 0 saturated carbocycles. The number of carbonyl (C=O) groups excluding carboxylic acids is 1. The molecule has 0 aliphatic heterocycles. The van der Waals surface area contributed by atoms with Crippen LogP contribution in [0.1, 0.15) is 32.3 Å². The Morgan fingerprint density at radius 2 is 1.96 bits per heavy atom. The molecule has 2 rings (SSSR count). The number of nitrogens with one attached hydrogen (secondary N) is 1. The molecule has 124 valence electrons. The van der Waals surface area contributed by atoms with Crippen LogP contribution in [0.3, 0.4) is 0 Å². The molecule has 5 nitrogen and oxygen atoms in total. The Morgan fingerprint density at radius 3 is 2.61 bits per heavy atom. The Bertz CT molecular complexity index is 664. The molecule has 0 aliphatic carbocycles. The van der Waals surface area contributed by atoms with Crippen molar-refractivity contribution in [2.45, 2.75) is 44.8 Å². The molecule has 0 bridgehead atoms. The maximum Gasteiger partial charge on any atom is 0.230 e. The number of aryl methyl sites for hydroxylation is 1. The van der Waals surface area contributed by atoms with E-state index in [1.165, 1.54) is 11.8 Å². The minimum Gasteiger partial charge on any atom is -0.353 e. The standard InChI is InChI=1S/C17H24N4OS/c1-5-13(6-2)18-15(22)11-23-17-20-19-16(21(17)4)14-10-8-7-9-12(14)3/h7-10,13H,5-6,11H2,1-4H3,(H,18,22). The number of amides is 1. The van der Waals surface area contributed by atoms with Gasteiger partial charge in [0.15, 0.2) is 11.0 Å². The van der Waals surface area contributed by atoms with Crippen LogP contribution in [0.25, 0.3) is 11.4 Å². The smallest absolute Gasteiger partial charge is 0.230 e. The van der Waals surface area contributed by atoms with Gasteiger partial charge < -0.3 is 9.88 Å². The monoisotopic (exact) mass is 332 g/mol. The highest BCUT2D eigenvalue weighted by molar-refractivity contribution is 7.99. The van der Waals surface area contributed by atoms with Gasteiger partial charge in [-0.3, -0.25) is 4.79 Å². The first-order valence-electron chi connectivity index (χ1n) is 7.94. The SMILES string of the molecule is CCC(CC)NC(=O)CSc1nnc(-c2ccccc2C)n1C. The number of thioether (sulfide) groups is 1.